The fraction of sp³-hybridized carbons (Fsp3) is 0.455. The maximum absolute atomic E-state index is 11.8. The molecule has 0 aliphatic carbocycles. The lowest BCUT2D eigenvalue weighted by atomic mass is 10.1. The molecule has 1 fully saturated rings. The highest BCUT2D eigenvalue weighted by molar-refractivity contribution is 5.92. The third-order valence-electron chi connectivity index (χ3n) is 2.65. The number of amides is 1. The normalized spacial score (nSPS) is 20.4. The third-order valence-corrected chi connectivity index (χ3v) is 2.65. The minimum atomic E-state index is -0.255. The Hall–Kier alpha value is -1.62. The van der Waals surface area contributed by atoms with Crippen molar-refractivity contribution < 1.29 is 4.79 Å². The topological polar surface area (TPSA) is 74.0 Å². The van der Waals surface area contributed by atoms with Gasteiger partial charge < -0.3 is 15.6 Å². The minimum absolute atomic E-state index is 0.157. The van der Waals surface area contributed by atoms with E-state index in [1.54, 1.807) is 12.1 Å². The molecule has 1 amide bonds. The number of nitrogens with one attached hydrogen (secondary N) is 3. The largest absolute Gasteiger partial charge is 0.347 e. The quantitative estimate of drug-likeness (QED) is 0.650. The molecule has 1 aliphatic heterocycles. The highest BCUT2D eigenvalue weighted by Gasteiger charge is 2.16. The number of pyridine rings is 1. The summed E-state index contributed by atoms with van der Waals surface area (Å²) in [7, 11) is 0. The van der Waals surface area contributed by atoms with E-state index in [1.807, 2.05) is 0 Å². The van der Waals surface area contributed by atoms with Crippen molar-refractivity contribution in [1.82, 2.24) is 15.6 Å². The fourth-order valence-electron chi connectivity index (χ4n) is 1.82. The van der Waals surface area contributed by atoms with Crippen LogP contribution < -0.4 is 16.2 Å². The maximum atomic E-state index is 11.8. The summed E-state index contributed by atoms with van der Waals surface area (Å²) in [6.07, 6.45) is 2.05. The first-order valence-electron chi connectivity index (χ1n) is 5.46. The van der Waals surface area contributed by atoms with Crippen LogP contribution in [0.5, 0.6) is 0 Å². The zero-order valence-electron chi connectivity index (χ0n) is 8.95. The Morgan fingerprint density at radius 2 is 2.31 bits per heavy atom. The third kappa shape index (κ3) is 2.70. The molecule has 3 N–H and O–H groups in total. The van der Waals surface area contributed by atoms with Gasteiger partial charge in [0.2, 0.25) is 5.56 Å². The average Bonchev–Trinajstić information content (AvgIpc) is 2.30. The van der Waals surface area contributed by atoms with Gasteiger partial charge in [-0.05, 0) is 25.5 Å². The lowest BCUT2D eigenvalue weighted by Crippen LogP contribution is -2.46. The highest BCUT2D eigenvalue weighted by atomic mass is 16.2. The molecule has 2 heterocycles. The smallest absolute Gasteiger partial charge is 0.268 e. The molecule has 5 nitrogen and oxygen atoms in total. The highest BCUT2D eigenvalue weighted by Crippen LogP contribution is 2.02. The first-order valence-corrected chi connectivity index (χ1v) is 5.46. The van der Waals surface area contributed by atoms with Crippen LogP contribution in [0.25, 0.3) is 0 Å². The van der Waals surface area contributed by atoms with Crippen LogP contribution in [0.1, 0.15) is 23.3 Å². The van der Waals surface area contributed by atoms with Gasteiger partial charge in [0.25, 0.3) is 5.91 Å². The van der Waals surface area contributed by atoms with Crippen molar-refractivity contribution in [3.63, 3.8) is 0 Å². The molecule has 2 rings (SSSR count). The van der Waals surface area contributed by atoms with Gasteiger partial charge in [0.05, 0.1) is 0 Å². The molecule has 1 aliphatic rings. The fourth-order valence-corrected chi connectivity index (χ4v) is 1.82. The van der Waals surface area contributed by atoms with E-state index >= 15 is 0 Å². The van der Waals surface area contributed by atoms with E-state index in [0.29, 0.717) is 5.69 Å². The molecule has 5 heteroatoms. The van der Waals surface area contributed by atoms with Crippen molar-refractivity contribution in [1.29, 1.82) is 0 Å². The lowest BCUT2D eigenvalue weighted by molar-refractivity contribution is 0.0925. The molecule has 0 bridgehead atoms. The summed E-state index contributed by atoms with van der Waals surface area (Å²) in [5.41, 5.74) is 0.0625. The van der Waals surface area contributed by atoms with Gasteiger partial charge in [-0.15, -0.1) is 0 Å². The van der Waals surface area contributed by atoms with Gasteiger partial charge in [0.15, 0.2) is 0 Å². The molecule has 0 saturated carbocycles. The monoisotopic (exact) mass is 221 g/mol. The lowest BCUT2D eigenvalue weighted by Gasteiger charge is -2.23. The second-order valence-electron chi connectivity index (χ2n) is 3.95. The molecule has 0 spiro atoms. The second kappa shape index (κ2) is 4.94. The van der Waals surface area contributed by atoms with E-state index in [-0.39, 0.29) is 17.5 Å². The second-order valence-corrected chi connectivity index (χ2v) is 3.95. The number of aromatic amines is 1. The Labute approximate surface area is 93.3 Å². The minimum Gasteiger partial charge on any atom is -0.347 e. The van der Waals surface area contributed by atoms with E-state index in [4.69, 9.17) is 0 Å². The van der Waals surface area contributed by atoms with Crippen LogP contribution >= 0.6 is 0 Å². The molecule has 1 aromatic rings. The number of hydrogen-bond acceptors (Lipinski definition) is 3. The van der Waals surface area contributed by atoms with E-state index in [1.165, 1.54) is 6.07 Å². The molecule has 0 unspecified atom stereocenters. The van der Waals surface area contributed by atoms with Crippen LogP contribution in [0.4, 0.5) is 0 Å². The van der Waals surface area contributed by atoms with Gasteiger partial charge in [-0.25, -0.2) is 0 Å². The summed E-state index contributed by atoms with van der Waals surface area (Å²) in [6, 6.07) is 4.73. The predicted octanol–water partition coefficient (Wildman–Crippen LogP) is -0.143. The number of carbonyl (C=O) groups excluding carboxylic acids is 1. The van der Waals surface area contributed by atoms with E-state index in [0.717, 1.165) is 25.9 Å². The zero-order valence-corrected chi connectivity index (χ0v) is 8.95. The van der Waals surface area contributed by atoms with Crippen molar-refractivity contribution in [2.45, 2.75) is 18.9 Å². The molecule has 1 aromatic heterocycles. The first-order chi connectivity index (χ1) is 7.75. The number of H-pyrrole nitrogens is 1. The Bertz CT molecular complexity index is 421. The van der Waals surface area contributed by atoms with Crippen molar-refractivity contribution in [2.75, 3.05) is 13.1 Å². The van der Waals surface area contributed by atoms with E-state index in [9.17, 15) is 9.59 Å². The Morgan fingerprint density at radius 3 is 3.00 bits per heavy atom. The number of aromatic nitrogens is 1. The van der Waals surface area contributed by atoms with Crippen LogP contribution in [0, 0.1) is 0 Å². The molecule has 16 heavy (non-hydrogen) atoms. The van der Waals surface area contributed by atoms with Crippen LogP contribution in [0.15, 0.2) is 23.0 Å². The maximum Gasteiger partial charge on any atom is 0.268 e. The number of rotatable bonds is 2. The summed E-state index contributed by atoms with van der Waals surface area (Å²) in [6.45, 7) is 1.80. The number of hydrogen-bond donors (Lipinski definition) is 3. The van der Waals surface area contributed by atoms with E-state index < -0.39 is 0 Å². The first kappa shape index (κ1) is 10.9. The van der Waals surface area contributed by atoms with Gasteiger partial charge in [-0.3, -0.25) is 9.59 Å². The molecular weight excluding hydrogens is 206 g/mol. The van der Waals surface area contributed by atoms with E-state index in [2.05, 4.69) is 15.6 Å². The molecule has 1 saturated heterocycles. The summed E-state index contributed by atoms with van der Waals surface area (Å²) >= 11 is 0. The summed E-state index contributed by atoms with van der Waals surface area (Å²) in [5.74, 6) is -0.216. The molecular formula is C11H15N3O2. The Balaban J connectivity index is 1.99. The van der Waals surface area contributed by atoms with Crippen molar-refractivity contribution in [3.05, 3.63) is 34.2 Å². The zero-order chi connectivity index (χ0) is 11.4. The standard InChI is InChI=1S/C11H15N3O2/c15-10-5-1-4-9(14-10)11(16)13-8-3-2-6-12-7-8/h1,4-5,8,12H,2-3,6-7H2,(H,13,16)(H,14,15)/t8-/m0/s1. The summed E-state index contributed by atoms with van der Waals surface area (Å²) in [5, 5.41) is 6.11. The van der Waals surface area contributed by atoms with Gasteiger partial charge in [-0.1, -0.05) is 6.07 Å². The van der Waals surface area contributed by atoms with Crippen molar-refractivity contribution in [3.8, 4) is 0 Å². The van der Waals surface area contributed by atoms with Gasteiger partial charge >= 0.3 is 0 Å². The average molecular weight is 221 g/mol. The van der Waals surface area contributed by atoms with Crippen molar-refractivity contribution in [2.24, 2.45) is 0 Å². The predicted molar refractivity (Wildman–Crippen MR) is 60.4 cm³/mol. The summed E-state index contributed by atoms with van der Waals surface area (Å²) in [4.78, 5) is 25.3. The number of piperidine rings is 1. The van der Waals surface area contributed by atoms with Crippen LogP contribution in [0.3, 0.4) is 0 Å². The Kier molecular flexibility index (Phi) is 3.36. The molecule has 1 atom stereocenters. The Morgan fingerprint density at radius 1 is 1.44 bits per heavy atom. The molecule has 0 aromatic carbocycles. The molecule has 0 radical (unpaired) electrons. The van der Waals surface area contributed by atoms with Gasteiger partial charge in [-0.2, -0.15) is 0 Å². The van der Waals surface area contributed by atoms with Gasteiger partial charge in [0, 0.05) is 18.7 Å². The SMILES string of the molecule is O=C(N[C@H]1CCCNC1)c1cccc(=O)[nH]1. The molecule has 86 valence electrons. The van der Waals surface area contributed by atoms with Crippen LogP contribution in [-0.4, -0.2) is 30.0 Å². The van der Waals surface area contributed by atoms with Gasteiger partial charge in [0.1, 0.15) is 5.69 Å². The van der Waals surface area contributed by atoms with Crippen molar-refractivity contribution >= 4 is 5.91 Å². The van der Waals surface area contributed by atoms with Crippen LogP contribution in [0.2, 0.25) is 0 Å². The number of carbonyl (C=O) groups is 1. The summed E-state index contributed by atoms with van der Waals surface area (Å²) < 4.78 is 0. The van der Waals surface area contributed by atoms with Crippen LogP contribution in [-0.2, 0) is 0 Å².